The second-order valence-electron chi connectivity index (χ2n) is 7.56. The van der Waals surface area contributed by atoms with Crippen LogP contribution in [0.25, 0.3) is 0 Å². The van der Waals surface area contributed by atoms with Crippen LogP contribution in [0.2, 0.25) is 0 Å². The number of carbonyl (C=O) groups excluding carboxylic acids is 1. The first-order valence-corrected chi connectivity index (χ1v) is 9.57. The molecular formula is C21H25N3O3. The highest BCUT2D eigenvalue weighted by Crippen LogP contribution is 2.60. The summed E-state index contributed by atoms with van der Waals surface area (Å²) in [5, 5.41) is 13.7. The van der Waals surface area contributed by atoms with Crippen LogP contribution >= 0.6 is 0 Å². The molecule has 1 aliphatic heterocycles. The lowest BCUT2D eigenvalue weighted by atomic mass is 9.95. The molecule has 1 aromatic carbocycles. The van der Waals surface area contributed by atoms with E-state index in [0.717, 1.165) is 42.9 Å². The molecule has 2 fully saturated rings. The van der Waals surface area contributed by atoms with E-state index < -0.39 is 11.4 Å². The first-order chi connectivity index (χ1) is 13.0. The summed E-state index contributed by atoms with van der Waals surface area (Å²) in [6, 6.07) is 11.5. The fourth-order valence-corrected chi connectivity index (χ4v) is 4.42. The average molecular weight is 367 g/mol. The van der Waals surface area contributed by atoms with E-state index >= 15 is 0 Å². The number of aliphatic carboxylic acids is 1. The zero-order chi connectivity index (χ0) is 19.0. The minimum atomic E-state index is -0.895. The van der Waals surface area contributed by atoms with Crippen molar-refractivity contribution in [2.24, 2.45) is 0 Å². The summed E-state index contributed by atoms with van der Waals surface area (Å²) < 4.78 is 0. The van der Waals surface area contributed by atoms with Gasteiger partial charge in [0, 0.05) is 37.8 Å². The molecule has 2 unspecified atom stereocenters. The number of nitrogens with zero attached hydrogens (tertiary/aromatic N) is 2. The summed E-state index contributed by atoms with van der Waals surface area (Å²) >= 11 is 0. The van der Waals surface area contributed by atoms with Crippen LogP contribution in [0.4, 0.5) is 5.69 Å². The number of carboxylic acids is 1. The Bertz CT molecular complexity index is 842. The third-order valence-electron chi connectivity index (χ3n) is 5.85. The van der Waals surface area contributed by atoms with E-state index in [1.165, 1.54) is 6.42 Å². The summed E-state index contributed by atoms with van der Waals surface area (Å²) in [6.07, 6.45) is 5.69. The van der Waals surface area contributed by atoms with Gasteiger partial charge in [0.1, 0.15) is 5.41 Å². The Hall–Kier alpha value is -2.60. The molecule has 1 saturated heterocycles. The number of piperidine rings is 1. The van der Waals surface area contributed by atoms with E-state index in [4.69, 9.17) is 0 Å². The maximum Gasteiger partial charge on any atom is 0.316 e. The maximum atomic E-state index is 12.3. The number of carbonyl (C=O) groups is 2. The first-order valence-electron chi connectivity index (χ1n) is 9.57. The molecule has 0 bridgehead atoms. The van der Waals surface area contributed by atoms with Crippen LogP contribution in [0.3, 0.4) is 0 Å². The van der Waals surface area contributed by atoms with Crippen LogP contribution in [0, 0.1) is 0 Å². The molecule has 0 spiro atoms. The highest BCUT2D eigenvalue weighted by Gasteiger charge is 2.63. The molecule has 6 nitrogen and oxygen atoms in total. The molecule has 1 aliphatic carbocycles. The van der Waals surface area contributed by atoms with Gasteiger partial charge in [0.05, 0.1) is 5.69 Å². The number of anilines is 1. The molecule has 2 atom stereocenters. The summed E-state index contributed by atoms with van der Waals surface area (Å²) in [5.41, 5.74) is 1.63. The van der Waals surface area contributed by atoms with Crippen molar-refractivity contribution in [1.82, 2.24) is 9.99 Å². The van der Waals surface area contributed by atoms with Crippen molar-refractivity contribution < 1.29 is 14.7 Å². The maximum absolute atomic E-state index is 12.3. The standard InChI is InChI=1S/C21H25N3O3/c1-15(25)24(23-11-3-2-4-12-23)17-8-5-7-16(13-17)18-14-21(18,20(26)27)19-9-6-10-22-19/h5-10,13,18,22H,2-4,11-12,14H2,1H3,(H,26,27). The predicted molar refractivity (Wildman–Crippen MR) is 102 cm³/mol. The van der Waals surface area contributed by atoms with Gasteiger partial charge < -0.3 is 10.1 Å². The molecule has 0 radical (unpaired) electrons. The number of hydrazine groups is 1. The molecule has 142 valence electrons. The Morgan fingerprint density at radius 1 is 1.19 bits per heavy atom. The van der Waals surface area contributed by atoms with Gasteiger partial charge in [-0.05, 0) is 49.1 Å². The zero-order valence-electron chi connectivity index (χ0n) is 15.5. The van der Waals surface area contributed by atoms with Crippen LogP contribution in [0.15, 0.2) is 42.6 Å². The van der Waals surface area contributed by atoms with Crippen molar-refractivity contribution in [3.63, 3.8) is 0 Å². The smallest absolute Gasteiger partial charge is 0.316 e. The highest BCUT2D eigenvalue weighted by molar-refractivity contribution is 5.91. The lowest BCUT2D eigenvalue weighted by Crippen LogP contribution is -2.48. The Balaban J connectivity index is 1.65. The van der Waals surface area contributed by atoms with Crippen LogP contribution in [-0.2, 0) is 15.0 Å². The zero-order valence-corrected chi connectivity index (χ0v) is 15.5. The summed E-state index contributed by atoms with van der Waals surface area (Å²) in [7, 11) is 0. The molecular weight excluding hydrogens is 342 g/mol. The number of hydrogen-bond acceptors (Lipinski definition) is 3. The van der Waals surface area contributed by atoms with Gasteiger partial charge in [-0.3, -0.25) is 9.59 Å². The average Bonchev–Trinajstić information content (AvgIpc) is 3.19. The molecule has 2 N–H and O–H groups in total. The Morgan fingerprint density at radius 3 is 2.59 bits per heavy atom. The largest absolute Gasteiger partial charge is 0.481 e. The van der Waals surface area contributed by atoms with Crippen molar-refractivity contribution >= 4 is 17.6 Å². The van der Waals surface area contributed by atoms with E-state index in [2.05, 4.69) is 9.99 Å². The summed E-state index contributed by atoms with van der Waals surface area (Å²) in [6.45, 7) is 3.32. The number of nitrogens with one attached hydrogen (secondary N) is 1. The van der Waals surface area contributed by atoms with Crippen LogP contribution in [0.5, 0.6) is 0 Å². The van der Waals surface area contributed by atoms with Gasteiger partial charge in [0.15, 0.2) is 0 Å². The Kier molecular flexibility index (Phi) is 4.52. The second-order valence-corrected chi connectivity index (χ2v) is 7.56. The van der Waals surface area contributed by atoms with Gasteiger partial charge in [0.2, 0.25) is 5.91 Å². The minimum absolute atomic E-state index is 0.0151. The minimum Gasteiger partial charge on any atom is -0.481 e. The number of aromatic amines is 1. The lowest BCUT2D eigenvalue weighted by Gasteiger charge is -2.37. The molecule has 1 amide bonds. The van der Waals surface area contributed by atoms with Crippen molar-refractivity contribution in [1.29, 1.82) is 0 Å². The Labute approximate surface area is 158 Å². The van der Waals surface area contributed by atoms with Crippen LogP contribution in [-0.4, -0.2) is 40.1 Å². The fourth-order valence-electron chi connectivity index (χ4n) is 4.42. The van der Waals surface area contributed by atoms with Gasteiger partial charge in [-0.1, -0.05) is 18.6 Å². The highest BCUT2D eigenvalue weighted by atomic mass is 16.4. The van der Waals surface area contributed by atoms with E-state index in [1.807, 2.05) is 36.4 Å². The van der Waals surface area contributed by atoms with Crippen molar-refractivity contribution in [2.75, 3.05) is 18.1 Å². The number of carboxylic acid groups (broad SMARTS) is 1. The van der Waals surface area contributed by atoms with E-state index in [1.54, 1.807) is 18.1 Å². The molecule has 2 aromatic rings. The van der Waals surface area contributed by atoms with E-state index in [-0.39, 0.29) is 11.8 Å². The topological polar surface area (TPSA) is 76.6 Å². The summed E-state index contributed by atoms with van der Waals surface area (Å²) in [5.74, 6) is -0.915. The SMILES string of the molecule is CC(=O)N(c1cccc(C2CC2(C(=O)O)c2ccc[nH]2)c1)N1CCCCC1. The quantitative estimate of drug-likeness (QED) is 0.850. The molecule has 1 saturated carbocycles. The van der Waals surface area contributed by atoms with Gasteiger partial charge in [0.25, 0.3) is 0 Å². The first kappa shape index (κ1) is 17.8. The molecule has 2 heterocycles. The van der Waals surface area contributed by atoms with E-state index in [9.17, 15) is 14.7 Å². The molecule has 2 aliphatic rings. The monoisotopic (exact) mass is 367 g/mol. The van der Waals surface area contributed by atoms with Gasteiger partial charge in [-0.25, -0.2) is 10.0 Å². The lowest BCUT2D eigenvalue weighted by molar-refractivity contribution is -0.140. The fraction of sp³-hybridized carbons (Fsp3) is 0.429. The van der Waals surface area contributed by atoms with Gasteiger partial charge in [-0.2, -0.15) is 0 Å². The number of benzene rings is 1. The molecule has 6 heteroatoms. The van der Waals surface area contributed by atoms with Crippen LogP contribution < -0.4 is 5.01 Å². The summed E-state index contributed by atoms with van der Waals surface area (Å²) in [4.78, 5) is 27.5. The second kappa shape index (κ2) is 6.85. The normalized spacial score (nSPS) is 25.1. The van der Waals surface area contributed by atoms with E-state index in [0.29, 0.717) is 6.42 Å². The van der Waals surface area contributed by atoms with Gasteiger partial charge >= 0.3 is 5.97 Å². The van der Waals surface area contributed by atoms with Crippen LogP contribution in [0.1, 0.15) is 49.8 Å². The molecule has 4 rings (SSSR count). The molecule has 1 aromatic heterocycles. The number of amides is 1. The van der Waals surface area contributed by atoms with Gasteiger partial charge in [-0.15, -0.1) is 0 Å². The van der Waals surface area contributed by atoms with Crippen molar-refractivity contribution in [3.05, 3.63) is 53.9 Å². The third kappa shape index (κ3) is 3.04. The third-order valence-corrected chi connectivity index (χ3v) is 5.85. The molecule has 27 heavy (non-hydrogen) atoms. The number of hydrogen-bond donors (Lipinski definition) is 2. The predicted octanol–water partition coefficient (Wildman–Crippen LogP) is 3.28. The number of rotatable bonds is 5. The van der Waals surface area contributed by atoms with Crippen molar-refractivity contribution in [2.45, 2.75) is 43.9 Å². The Morgan fingerprint density at radius 2 is 1.96 bits per heavy atom. The van der Waals surface area contributed by atoms with Crippen molar-refractivity contribution in [3.8, 4) is 0 Å². The number of aromatic nitrogens is 1. The number of H-pyrrole nitrogens is 1.